The number of carboxylic acids is 4. The number of aromatic carboxylic acids is 4. The van der Waals surface area contributed by atoms with Crippen LogP contribution in [-0.2, 0) is 21.7 Å². The molecule has 4 N–H and O–H groups in total. The topological polar surface area (TPSA) is 241 Å². The zero-order valence-electron chi connectivity index (χ0n) is 23.2. The molecular formula is C28H12Cl8O12Ti. The molecule has 12 nitrogen and oxygen atoms in total. The first-order valence-electron chi connectivity index (χ1n) is 11.7. The van der Waals surface area contributed by atoms with Crippen molar-refractivity contribution in [2.45, 2.75) is 0 Å². The van der Waals surface area contributed by atoms with Crippen LogP contribution in [0.4, 0.5) is 0 Å². The molecule has 0 aromatic heterocycles. The van der Waals surface area contributed by atoms with Crippen molar-refractivity contribution in [3.63, 3.8) is 0 Å². The summed E-state index contributed by atoms with van der Waals surface area (Å²) in [5.74, 6) is -8.17. The summed E-state index contributed by atoms with van der Waals surface area (Å²) in [5, 5.41) is 77.8. The predicted octanol–water partition coefficient (Wildman–Crippen LogP) is 7.06. The Morgan fingerprint density at radius 2 is 0.510 bits per heavy atom. The summed E-state index contributed by atoms with van der Waals surface area (Å²) in [5.41, 5.74) is -1.64. The molecule has 0 atom stereocenters. The fourth-order valence-corrected chi connectivity index (χ4v) is 4.85. The SMILES string of the molecule is O=C(O)c1cc(Cl)cc(Cl)c1[O-].O=C(O)c1cc(Cl)cc(Cl)c1[O-].O=C(O)c1cc(Cl)cc(Cl)c1[O-].O=C(O)c1cc(Cl)cc(Cl)c1[O-].[Ti+4]. The molecule has 0 unspecified atom stereocenters. The van der Waals surface area contributed by atoms with Crippen molar-refractivity contribution in [1.29, 1.82) is 0 Å². The monoisotopic (exact) mass is 868 g/mol. The van der Waals surface area contributed by atoms with E-state index in [1.165, 1.54) is 24.3 Å². The van der Waals surface area contributed by atoms with Crippen LogP contribution in [0.3, 0.4) is 0 Å². The van der Waals surface area contributed by atoms with E-state index in [0.717, 1.165) is 24.3 Å². The zero-order valence-corrected chi connectivity index (χ0v) is 30.8. The molecule has 0 spiro atoms. The Hall–Kier alpha value is -3.01. The number of rotatable bonds is 4. The maximum absolute atomic E-state index is 11.0. The average molecular weight is 872 g/mol. The van der Waals surface area contributed by atoms with E-state index in [4.69, 9.17) is 113 Å². The Morgan fingerprint density at radius 1 is 0.367 bits per heavy atom. The van der Waals surface area contributed by atoms with Crippen LogP contribution < -0.4 is 20.4 Å². The van der Waals surface area contributed by atoms with Crippen molar-refractivity contribution in [3.05, 3.63) is 111 Å². The number of hydrogen-bond acceptors (Lipinski definition) is 8. The van der Waals surface area contributed by atoms with Crippen molar-refractivity contribution < 1.29 is 81.7 Å². The molecule has 0 aliphatic rings. The largest absolute Gasteiger partial charge is 4.00 e. The summed E-state index contributed by atoms with van der Waals surface area (Å²) in [6, 6.07) is 9.10. The van der Waals surface area contributed by atoms with Crippen molar-refractivity contribution in [1.82, 2.24) is 0 Å². The molecule has 0 bridgehead atoms. The quantitative estimate of drug-likeness (QED) is 0.151. The molecule has 0 fully saturated rings. The Bertz CT molecular complexity index is 1620. The van der Waals surface area contributed by atoms with Gasteiger partial charge in [0.05, 0.1) is 22.3 Å². The summed E-state index contributed by atoms with van der Waals surface area (Å²) in [6.07, 6.45) is 0. The molecular weight excluding hydrogens is 860 g/mol. The maximum atomic E-state index is 11.0. The van der Waals surface area contributed by atoms with Crippen molar-refractivity contribution >= 4 is 117 Å². The minimum absolute atomic E-state index is 0. The molecule has 0 aliphatic heterocycles. The zero-order chi connectivity index (χ0) is 37.2. The molecule has 4 aromatic rings. The van der Waals surface area contributed by atoms with E-state index >= 15 is 0 Å². The van der Waals surface area contributed by atoms with Crippen LogP contribution in [0.15, 0.2) is 48.5 Å². The third-order valence-corrected chi connectivity index (χ3v) is 6.95. The van der Waals surface area contributed by atoms with Gasteiger partial charge in [0.25, 0.3) is 0 Å². The smallest absolute Gasteiger partial charge is 0.871 e. The van der Waals surface area contributed by atoms with Crippen LogP contribution in [-0.4, -0.2) is 44.3 Å². The van der Waals surface area contributed by atoms with E-state index in [9.17, 15) is 39.6 Å². The average Bonchev–Trinajstić information content (AvgIpc) is 2.97. The van der Waals surface area contributed by atoms with Crippen LogP contribution >= 0.6 is 92.8 Å². The normalized spacial score (nSPS) is 9.63. The number of carbonyl (C=O) groups is 4. The standard InChI is InChI=1S/4C7H4Cl2O3.Ti/c4*8-3-1-4(7(11)12)6(10)5(9)2-3;/h4*1-2,10H,(H,11,12);/q;;;;+4/p-4. The first kappa shape index (κ1) is 46.0. The van der Waals surface area contributed by atoms with Gasteiger partial charge in [0, 0.05) is 40.2 Å². The fourth-order valence-electron chi connectivity index (χ4n) is 2.88. The summed E-state index contributed by atoms with van der Waals surface area (Å²) in [6.45, 7) is 0. The van der Waals surface area contributed by atoms with Crippen LogP contribution in [0.1, 0.15) is 41.4 Å². The summed E-state index contributed by atoms with van der Waals surface area (Å²) >= 11 is 43.5. The van der Waals surface area contributed by atoms with Crippen LogP contribution in [0, 0.1) is 0 Å². The number of benzene rings is 4. The molecule has 0 saturated carbocycles. The van der Waals surface area contributed by atoms with Gasteiger partial charge in [-0.3, -0.25) is 0 Å². The predicted molar refractivity (Wildman–Crippen MR) is 171 cm³/mol. The van der Waals surface area contributed by atoms with Gasteiger partial charge in [0.1, 0.15) is 0 Å². The van der Waals surface area contributed by atoms with E-state index in [0.29, 0.717) is 0 Å². The number of carboxylic acid groups (broad SMARTS) is 4. The molecule has 0 saturated heterocycles. The van der Waals surface area contributed by atoms with Gasteiger partial charge in [-0.15, -0.1) is 0 Å². The van der Waals surface area contributed by atoms with E-state index in [-0.39, 0.29) is 61.9 Å². The molecule has 0 aliphatic carbocycles. The van der Waals surface area contributed by atoms with Crippen LogP contribution in [0.2, 0.25) is 40.2 Å². The second-order valence-corrected chi connectivity index (χ2v) is 11.7. The summed E-state index contributed by atoms with van der Waals surface area (Å²) in [4.78, 5) is 41.6. The van der Waals surface area contributed by atoms with Crippen molar-refractivity contribution in [3.8, 4) is 23.0 Å². The molecule has 0 heterocycles. The van der Waals surface area contributed by atoms with Crippen LogP contribution in [0.25, 0.3) is 0 Å². The summed E-state index contributed by atoms with van der Waals surface area (Å²) < 4.78 is 0. The minimum atomic E-state index is -1.33. The van der Waals surface area contributed by atoms with Gasteiger partial charge in [-0.1, -0.05) is 116 Å². The number of halogens is 8. The molecule has 21 heteroatoms. The summed E-state index contributed by atoms with van der Waals surface area (Å²) in [7, 11) is 0. The number of hydrogen-bond donors (Lipinski definition) is 4. The molecule has 0 amide bonds. The van der Waals surface area contributed by atoms with Gasteiger partial charge < -0.3 is 40.9 Å². The first-order valence-corrected chi connectivity index (χ1v) is 14.7. The molecule has 0 radical (unpaired) electrons. The Kier molecular flexibility index (Phi) is 19.4. The van der Waals surface area contributed by atoms with Crippen LogP contribution in [0.5, 0.6) is 23.0 Å². The van der Waals surface area contributed by atoms with Gasteiger partial charge in [0.15, 0.2) is 0 Å². The van der Waals surface area contributed by atoms with Gasteiger partial charge in [0.2, 0.25) is 0 Å². The second kappa shape index (κ2) is 20.6. The van der Waals surface area contributed by atoms with E-state index in [1.54, 1.807) is 0 Å². The first-order chi connectivity index (χ1) is 22.1. The molecule has 4 rings (SSSR count). The minimum Gasteiger partial charge on any atom is -0.871 e. The fraction of sp³-hybridized carbons (Fsp3) is 0. The third kappa shape index (κ3) is 14.0. The van der Waals surface area contributed by atoms with Crippen molar-refractivity contribution in [2.75, 3.05) is 0 Å². The third-order valence-electron chi connectivity index (χ3n) is 4.96. The van der Waals surface area contributed by atoms with Gasteiger partial charge in [-0.2, -0.15) is 0 Å². The molecule has 49 heavy (non-hydrogen) atoms. The van der Waals surface area contributed by atoms with Crippen molar-refractivity contribution in [2.24, 2.45) is 0 Å². The van der Waals surface area contributed by atoms with Gasteiger partial charge >= 0.3 is 45.6 Å². The Morgan fingerprint density at radius 3 is 0.633 bits per heavy atom. The molecule has 256 valence electrons. The van der Waals surface area contributed by atoms with E-state index in [2.05, 4.69) is 0 Å². The molecule has 4 aromatic carbocycles. The van der Waals surface area contributed by atoms with E-state index < -0.39 is 69.1 Å². The van der Waals surface area contributed by atoms with E-state index in [1.807, 2.05) is 0 Å². The van der Waals surface area contributed by atoms with Gasteiger partial charge in [-0.25, -0.2) is 19.2 Å². The Balaban J connectivity index is 0.000000623. The maximum Gasteiger partial charge on any atom is 4.00 e. The van der Waals surface area contributed by atoms with Gasteiger partial charge in [-0.05, 0) is 48.5 Å². The Labute approximate surface area is 330 Å². The second-order valence-electron chi connectivity index (χ2n) is 8.28.